The van der Waals surface area contributed by atoms with Crippen LogP contribution in [0, 0.1) is 0 Å². The van der Waals surface area contributed by atoms with Crippen LogP contribution < -0.4 is 5.32 Å². The predicted molar refractivity (Wildman–Crippen MR) is 101 cm³/mol. The van der Waals surface area contributed by atoms with Gasteiger partial charge >= 0.3 is 5.97 Å². The molecule has 0 bridgehead atoms. The van der Waals surface area contributed by atoms with Gasteiger partial charge in [0.05, 0.1) is 5.56 Å². The molecule has 2 aromatic rings. The van der Waals surface area contributed by atoms with Gasteiger partial charge in [-0.15, -0.1) is 11.8 Å². The Labute approximate surface area is 156 Å². The van der Waals surface area contributed by atoms with Crippen LogP contribution in [-0.4, -0.2) is 30.8 Å². The van der Waals surface area contributed by atoms with E-state index in [1.807, 2.05) is 43.3 Å². The molecule has 0 unspecified atom stereocenters. The van der Waals surface area contributed by atoms with Crippen LogP contribution in [-0.2, 0) is 16.0 Å². The highest BCUT2D eigenvalue weighted by molar-refractivity contribution is 7.99. The minimum atomic E-state index is -0.482. The molecule has 0 spiro atoms. The molecule has 2 aromatic carbocycles. The first-order valence-electron chi connectivity index (χ1n) is 8.00. The molecule has 0 aliphatic rings. The summed E-state index contributed by atoms with van der Waals surface area (Å²) < 4.78 is 5.11. The number of ether oxygens (including phenoxy) is 1. The van der Waals surface area contributed by atoms with Crippen LogP contribution in [0.5, 0.6) is 0 Å². The Morgan fingerprint density at radius 1 is 1.12 bits per heavy atom. The van der Waals surface area contributed by atoms with E-state index in [0.717, 1.165) is 16.2 Å². The fraction of sp³-hybridized carbons (Fsp3) is 0.263. The maximum absolute atomic E-state index is 12.1. The van der Waals surface area contributed by atoms with Gasteiger partial charge in [-0.25, -0.2) is 4.79 Å². The maximum atomic E-state index is 12.1. The zero-order valence-electron chi connectivity index (χ0n) is 14.0. The van der Waals surface area contributed by atoms with E-state index < -0.39 is 5.97 Å². The quantitative estimate of drug-likeness (QED) is 0.558. The first kappa shape index (κ1) is 19.3. The number of hydrogen-bond acceptors (Lipinski definition) is 4. The molecular formula is C19H20ClNO3S. The molecule has 0 fully saturated rings. The lowest BCUT2D eigenvalue weighted by atomic mass is 10.1. The van der Waals surface area contributed by atoms with Crippen LogP contribution in [0.25, 0.3) is 0 Å². The van der Waals surface area contributed by atoms with Gasteiger partial charge in [0, 0.05) is 16.5 Å². The normalized spacial score (nSPS) is 10.3. The van der Waals surface area contributed by atoms with Crippen molar-refractivity contribution in [2.75, 3.05) is 18.9 Å². The largest absolute Gasteiger partial charge is 0.452 e. The third kappa shape index (κ3) is 6.44. The van der Waals surface area contributed by atoms with Crippen LogP contribution in [0.15, 0.2) is 53.4 Å². The van der Waals surface area contributed by atoms with Crippen molar-refractivity contribution in [3.05, 3.63) is 64.7 Å². The number of benzene rings is 2. The summed E-state index contributed by atoms with van der Waals surface area (Å²) in [7, 11) is 0. The molecule has 0 aliphatic heterocycles. The van der Waals surface area contributed by atoms with E-state index in [1.165, 1.54) is 0 Å². The third-order valence-corrected chi connectivity index (χ3v) is 4.60. The summed E-state index contributed by atoms with van der Waals surface area (Å²) >= 11 is 7.39. The maximum Gasteiger partial charge on any atom is 0.339 e. The number of carbonyl (C=O) groups excluding carboxylic acids is 2. The van der Waals surface area contributed by atoms with Crippen LogP contribution in [0.3, 0.4) is 0 Å². The Balaban J connectivity index is 1.76. The van der Waals surface area contributed by atoms with Gasteiger partial charge in [-0.3, -0.25) is 4.79 Å². The first-order valence-corrected chi connectivity index (χ1v) is 9.36. The highest BCUT2D eigenvalue weighted by atomic mass is 35.5. The van der Waals surface area contributed by atoms with Gasteiger partial charge in [0.15, 0.2) is 6.61 Å². The molecule has 0 aromatic heterocycles. The Bertz CT molecular complexity index is 719. The molecular weight excluding hydrogens is 358 g/mol. The molecule has 132 valence electrons. The fourth-order valence-corrected chi connectivity index (χ4v) is 3.09. The molecule has 6 heteroatoms. The summed E-state index contributed by atoms with van der Waals surface area (Å²) in [5.74, 6) is 0.0579. The van der Waals surface area contributed by atoms with Crippen LogP contribution >= 0.6 is 23.4 Å². The second-order valence-corrected chi connectivity index (χ2v) is 6.97. The number of esters is 1. The number of nitrogens with one attached hydrogen (secondary N) is 1. The minimum Gasteiger partial charge on any atom is -0.452 e. The zero-order chi connectivity index (χ0) is 18.1. The van der Waals surface area contributed by atoms with Crippen molar-refractivity contribution in [2.45, 2.75) is 18.2 Å². The molecule has 0 aliphatic carbocycles. The van der Waals surface area contributed by atoms with Crippen molar-refractivity contribution in [2.24, 2.45) is 0 Å². The van der Waals surface area contributed by atoms with Gasteiger partial charge in [-0.05, 0) is 42.0 Å². The van der Waals surface area contributed by atoms with E-state index in [1.54, 1.807) is 23.9 Å². The second-order valence-electron chi connectivity index (χ2n) is 5.23. The van der Waals surface area contributed by atoms with Crippen molar-refractivity contribution < 1.29 is 14.3 Å². The van der Waals surface area contributed by atoms with E-state index >= 15 is 0 Å². The van der Waals surface area contributed by atoms with Gasteiger partial charge in [0.1, 0.15) is 0 Å². The van der Waals surface area contributed by atoms with Crippen molar-refractivity contribution >= 4 is 35.2 Å². The molecule has 0 saturated heterocycles. The monoisotopic (exact) mass is 377 g/mol. The van der Waals surface area contributed by atoms with E-state index in [-0.39, 0.29) is 12.5 Å². The minimum absolute atomic E-state index is 0.287. The summed E-state index contributed by atoms with van der Waals surface area (Å²) in [6.45, 7) is 2.20. The lowest BCUT2D eigenvalue weighted by Gasteiger charge is -2.09. The highest BCUT2D eigenvalue weighted by Crippen LogP contribution is 2.22. The van der Waals surface area contributed by atoms with Gasteiger partial charge in [-0.2, -0.15) is 0 Å². The summed E-state index contributed by atoms with van der Waals surface area (Å²) in [6, 6.07) is 14.7. The molecule has 0 radical (unpaired) electrons. The molecule has 1 N–H and O–H groups in total. The Hall–Kier alpha value is -1.98. The third-order valence-electron chi connectivity index (χ3n) is 3.39. The van der Waals surface area contributed by atoms with E-state index in [4.69, 9.17) is 16.3 Å². The molecule has 2 rings (SSSR count). The van der Waals surface area contributed by atoms with Gasteiger partial charge in [-0.1, -0.05) is 42.8 Å². The molecule has 4 nitrogen and oxygen atoms in total. The standard InChI is InChI=1S/C19H20ClNO3S/c1-2-25-17-6-4-3-5-16(17)19(23)24-13-18(22)21-12-11-14-7-9-15(20)10-8-14/h3-10H,2,11-13H2,1H3,(H,21,22). The second kappa shape index (κ2) is 10.1. The van der Waals surface area contributed by atoms with Crippen molar-refractivity contribution in [3.63, 3.8) is 0 Å². The van der Waals surface area contributed by atoms with E-state index in [2.05, 4.69) is 5.32 Å². The lowest BCUT2D eigenvalue weighted by molar-refractivity contribution is -0.124. The fourth-order valence-electron chi connectivity index (χ4n) is 2.17. The SMILES string of the molecule is CCSc1ccccc1C(=O)OCC(=O)NCCc1ccc(Cl)cc1. The van der Waals surface area contributed by atoms with Crippen molar-refractivity contribution in [1.29, 1.82) is 0 Å². The molecule has 1 amide bonds. The molecule has 0 saturated carbocycles. The number of hydrogen-bond donors (Lipinski definition) is 1. The number of halogens is 1. The van der Waals surface area contributed by atoms with E-state index in [9.17, 15) is 9.59 Å². The number of thioether (sulfide) groups is 1. The number of rotatable bonds is 8. The summed E-state index contributed by atoms with van der Waals surface area (Å²) in [5, 5.41) is 3.42. The average molecular weight is 378 g/mol. The Morgan fingerprint density at radius 2 is 1.84 bits per heavy atom. The van der Waals surface area contributed by atoms with Gasteiger partial charge in [0.2, 0.25) is 0 Å². The zero-order valence-corrected chi connectivity index (χ0v) is 15.5. The van der Waals surface area contributed by atoms with Crippen LogP contribution in [0.1, 0.15) is 22.8 Å². The van der Waals surface area contributed by atoms with E-state index in [0.29, 0.717) is 23.6 Å². The highest BCUT2D eigenvalue weighted by Gasteiger charge is 2.14. The average Bonchev–Trinajstić information content (AvgIpc) is 2.62. The van der Waals surface area contributed by atoms with Crippen LogP contribution in [0.2, 0.25) is 5.02 Å². The topological polar surface area (TPSA) is 55.4 Å². The molecule has 0 heterocycles. The van der Waals surface area contributed by atoms with Crippen LogP contribution in [0.4, 0.5) is 0 Å². The number of carbonyl (C=O) groups is 2. The van der Waals surface area contributed by atoms with Crippen molar-refractivity contribution in [3.8, 4) is 0 Å². The molecule has 0 atom stereocenters. The Morgan fingerprint density at radius 3 is 2.56 bits per heavy atom. The summed E-state index contributed by atoms with van der Waals surface area (Å²) in [6.07, 6.45) is 0.687. The smallest absolute Gasteiger partial charge is 0.339 e. The number of amides is 1. The first-order chi connectivity index (χ1) is 12.1. The summed E-state index contributed by atoms with van der Waals surface area (Å²) in [4.78, 5) is 24.8. The van der Waals surface area contributed by atoms with Gasteiger partial charge in [0.25, 0.3) is 5.91 Å². The van der Waals surface area contributed by atoms with Gasteiger partial charge < -0.3 is 10.1 Å². The predicted octanol–water partition coefficient (Wildman–Crippen LogP) is 3.97. The van der Waals surface area contributed by atoms with Crippen molar-refractivity contribution in [1.82, 2.24) is 5.32 Å². The lowest BCUT2D eigenvalue weighted by Crippen LogP contribution is -2.30. The summed E-state index contributed by atoms with van der Waals surface area (Å²) in [5.41, 5.74) is 1.57. The Kier molecular flexibility index (Phi) is 7.82. The molecule has 25 heavy (non-hydrogen) atoms.